The molecule has 3 rings (SSSR count). The Hall–Kier alpha value is -2.37. The molecular weight excluding hydrogens is 351 g/mol. The summed E-state index contributed by atoms with van der Waals surface area (Å²) in [6, 6.07) is 11.9. The predicted molar refractivity (Wildman–Crippen MR) is 92.3 cm³/mol. The van der Waals surface area contributed by atoms with E-state index in [2.05, 4.69) is 10.2 Å². The van der Waals surface area contributed by atoms with E-state index >= 15 is 0 Å². The zero-order valence-corrected chi connectivity index (χ0v) is 13.9. The van der Waals surface area contributed by atoms with Gasteiger partial charge in [-0.05, 0) is 18.2 Å². The Morgan fingerprint density at radius 2 is 1.88 bits per heavy atom. The lowest BCUT2D eigenvalue weighted by Crippen LogP contribution is -2.15. The number of benzene rings is 2. The van der Waals surface area contributed by atoms with Crippen molar-refractivity contribution in [3.05, 3.63) is 74.1 Å². The summed E-state index contributed by atoms with van der Waals surface area (Å²) in [5.41, 5.74) is 0.821. The number of halogens is 2. The van der Waals surface area contributed by atoms with Crippen LogP contribution in [0, 0.1) is 0 Å². The summed E-state index contributed by atoms with van der Waals surface area (Å²) in [4.78, 5) is 23.8. The van der Waals surface area contributed by atoms with Gasteiger partial charge in [-0.25, -0.2) is 5.10 Å². The van der Waals surface area contributed by atoms with Gasteiger partial charge in [-0.3, -0.25) is 9.59 Å². The van der Waals surface area contributed by atoms with Gasteiger partial charge in [0.1, 0.15) is 6.61 Å². The molecule has 0 saturated carbocycles. The first kappa shape index (κ1) is 16.5. The number of nitrogens with zero attached hydrogens (tertiary/aromatic N) is 1. The number of carbonyl (C=O) groups is 1. The van der Waals surface area contributed by atoms with Crippen LogP contribution in [0.1, 0.15) is 11.3 Å². The van der Waals surface area contributed by atoms with Crippen LogP contribution in [0.3, 0.4) is 0 Å². The molecule has 2 aromatic carbocycles. The van der Waals surface area contributed by atoms with Gasteiger partial charge in [-0.2, -0.15) is 5.10 Å². The van der Waals surface area contributed by atoms with Crippen LogP contribution in [0.15, 0.2) is 47.3 Å². The quantitative estimate of drug-likeness (QED) is 0.720. The monoisotopic (exact) mass is 362 g/mol. The van der Waals surface area contributed by atoms with E-state index in [-0.39, 0.29) is 18.6 Å². The van der Waals surface area contributed by atoms with Crippen molar-refractivity contribution in [1.29, 1.82) is 0 Å². The number of aromatic amines is 1. The third kappa shape index (κ3) is 3.58. The zero-order valence-electron chi connectivity index (χ0n) is 12.4. The number of H-pyrrole nitrogens is 1. The largest absolute Gasteiger partial charge is 0.460 e. The van der Waals surface area contributed by atoms with E-state index in [1.54, 1.807) is 42.5 Å². The van der Waals surface area contributed by atoms with Crippen molar-refractivity contribution < 1.29 is 9.53 Å². The second kappa shape index (κ2) is 7.03. The minimum atomic E-state index is -0.467. The lowest BCUT2D eigenvalue weighted by Gasteiger charge is -2.08. The highest BCUT2D eigenvalue weighted by atomic mass is 35.5. The topological polar surface area (TPSA) is 72.0 Å². The van der Waals surface area contributed by atoms with Crippen molar-refractivity contribution >= 4 is 39.9 Å². The zero-order chi connectivity index (χ0) is 17.1. The van der Waals surface area contributed by atoms with Gasteiger partial charge in [0.2, 0.25) is 0 Å². The second-order valence-corrected chi connectivity index (χ2v) is 5.96. The Bertz CT molecular complexity index is 969. The summed E-state index contributed by atoms with van der Waals surface area (Å²) in [5, 5.41) is 8.39. The highest BCUT2D eigenvalue weighted by Gasteiger charge is 2.12. The standard InChI is InChI=1S/C17H12Cl2N2O3/c18-11-6-5-10(14(19)7-11)9-24-16(22)8-15-12-3-1-2-4-13(12)17(23)21-20-15/h1-7H,8-9H2,(H,21,23). The second-order valence-electron chi connectivity index (χ2n) is 5.12. The van der Waals surface area contributed by atoms with Crippen LogP contribution in [-0.2, 0) is 22.6 Å². The Labute approximate surface area is 147 Å². The summed E-state index contributed by atoms with van der Waals surface area (Å²) < 4.78 is 5.23. The molecule has 0 atom stereocenters. The molecule has 0 spiro atoms. The molecule has 0 saturated heterocycles. The number of carbonyl (C=O) groups excluding carboxylic acids is 1. The van der Waals surface area contributed by atoms with Gasteiger partial charge in [0.15, 0.2) is 0 Å². The van der Waals surface area contributed by atoms with Gasteiger partial charge in [-0.1, -0.05) is 47.5 Å². The van der Waals surface area contributed by atoms with Crippen molar-refractivity contribution in [3.63, 3.8) is 0 Å². The van der Waals surface area contributed by atoms with Gasteiger partial charge in [0.25, 0.3) is 5.56 Å². The fourth-order valence-electron chi connectivity index (χ4n) is 2.29. The summed E-state index contributed by atoms with van der Waals surface area (Å²) in [5.74, 6) is -0.467. The summed E-state index contributed by atoms with van der Waals surface area (Å²) in [6.45, 7) is 0.0378. The molecule has 0 aliphatic heterocycles. The number of esters is 1. The van der Waals surface area contributed by atoms with Gasteiger partial charge >= 0.3 is 5.97 Å². The van der Waals surface area contributed by atoms with Gasteiger partial charge in [0, 0.05) is 21.0 Å². The third-order valence-electron chi connectivity index (χ3n) is 3.49. The van der Waals surface area contributed by atoms with Crippen LogP contribution in [0.25, 0.3) is 10.8 Å². The predicted octanol–water partition coefficient (Wildman–Crippen LogP) is 3.52. The van der Waals surface area contributed by atoms with E-state index in [0.29, 0.717) is 32.1 Å². The average molecular weight is 363 g/mol. The van der Waals surface area contributed by atoms with Crippen LogP contribution in [0.2, 0.25) is 10.0 Å². The first-order chi connectivity index (χ1) is 11.5. The van der Waals surface area contributed by atoms with Crippen LogP contribution in [0.4, 0.5) is 0 Å². The van der Waals surface area contributed by atoms with Crippen molar-refractivity contribution in [2.45, 2.75) is 13.0 Å². The number of fused-ring (bicyclic) bond motifs is 1. The minimum Gasteiger partial charge on any atom is -0.460 e. The van der Waals surface area contributed by atoms with Crippen molar-refractivity contribution in [1.82, 2.24) is 10.2 Å². The number of ether oxygens (including phenoxy) is 1. The molecule has 0 radical (unpaired) electrons. The van der Waals surface area contributed by atoms with E-state index in [0.717, 1.165) is 0 Å². The van der Waals surface area contributed by atoms with Gasteiger partial charge in [0.05, 0.1) is 17.5 Å². The summed E-state index contributed by atoms with van der Waals surface area (Å²) >= 11 is 11.9. The lowest BCUT2D eigenvalue weighted by molar-refractivity contribution is -0.144. The molecule has 0 amide bonds. The summed E-state index contributed by atoms with van der Waals surface area (Å²) in [7, 11) is 0. The van der Waals surface area contributed by atoms with Crippen LogP contribution >= 0.6 is 23.2 Å². The average Bonchev–Trinajstić information content (AvgIpc) is 2.57. The smallest absolute Gasteiger partial charge is 0.312 e. The number of hydrogen-bond acceptors (Lipinski definition) is 4. The SMILES string of the molecule is O=C(Cc1n[nH]c(=O)c2ccccc12)OCc1ccc(Cl)cc1Cl. The molecule has 0 fully saturated rings. The maximum atomic E-state index is 12.1. The molecule has 3 aromatic rings. The van der Waals surface area contributed by atoms with E-state index < -0.39 is 5.97 Å². The molecule has 1 heterocycles. The number of hydrogen-bond donors (Lipinski definition) is 1. The molecule has 1 N–H and O–H groups in total. The Balaban J connectivity index is 1.74. The van der Waals surface area contributed by atoms with E-state index in [9.17, 15) is 9.59 Å². The highest BCUT2D eigenvalue weighted by molar-refractivity contribution is 6.35. The Kier molecular flexibility index (Phi) is 4.83. The number of aromatic nitrogens is 2. The van der Waals surface area contributed by atoms with Crippen LogP contribution in [-0.4, -0.2) is 16.2 Å². The van der Waals surface area contributed by atoms with Crippen molar-refractivity contribution in [3.8, 4) is 0 Å². The maximum absolute atomic E-state index is 12.1. The van der Waals surface area contributed by atoms with Crippen LogP contribution < -0.4 is 5.56 Å². The molecule has 0 unspecified atom stereocenters. The van der Waals surface area contributed by atoms with Gasteiger partial charge < -0.3 is 4.74 Å². The van der Waals surface area contributed by atoms with Crippen molar-refractivity contribution in [2.75, 3.05) is 0 Å². The molecule has 1 aromatic heterocycles. The Morgan fingerprint density at radius 3 is 2.62 bits per heavy atom. The molecule has 0 aliphatic rings. The molecule has 7 heteroatoms. The lowest BCUT2D eigenvalue weighted by atomic mass is 10.1. The summed E-state index contributed by atoms with van der Waals surface area (Å²) in [6.07, 6.45) is -0.0531. The number of nitrogens with one attached hydrogen (secondary N) is 1. The van der Waals surface area contributed by atoms with Crippen LogP contribution in [0.5, 0.6) is 0 Å². The molecule has 0 aliphatic carbocycles. The highest BCUT2D eigenvalue weighted by Crippen LogP contribution is 2.22. The first-order valence-electron chi connectivity index (χ1n) is 7.10. The number of rotatable bonds is 4. The minimum absolute atomic E-state index is 0.0378. The molecule has 122 valence electrons. The van der Waals surface area contributed by atoms with Gasteiger partial charge in [-0.15, -0.1) is 0 Å². The molecule has 24 heavy (non-hydrogen) atoms. The maximum Gasteiger partial charge on any atom is 0.312 e. The molecule has 5 nitrogen and oxygen atoms in total. The normalized spacial score (nSPS) is 10.8. The fourth-order valence-corrected chi connectivity index (χ4v) is 2.75. The van der Waals surface area contributed by atoms with E-state index in [4.69, 9.17) is 27.9 Å². The third-order valence-corrected chi connectivity index (χ3v) is 4.08. The van der Waals surface area contributed by atoms with E-state index in [1.165, 1.54) is 0 Å². The molecule has 0 bridgehead atoms. The molecular formula is C17H12Cl2N2O3. The Morgan fingerprint density at radius 1 is 1.12 bits per heavy atom. The first-order valence-corrected chi connectivity index (χ1v) is 7.86. The fraction of sp³-hybridized carbons (Fsp3) is 0.118. The van der Waals surface area contributed by atoms with E-state index in [1.807, 2.05) is 0 Å². The van der Waals surface area contributed by atoms with Crippen molar-refractivity contribution in [2.24, 2.45) is 0 Å².